The van der Waals surface area contributed by atoms with E-state index in [1.807, 2.05) is 0 Å². The van der Waals surface area contributed by atoms with Crippen LogP contribution in [0.1, 0.15) is 20.3 Å². The maximum absolute atomic E-state index is 12.4. The van der Waals surface area contributed by atoms with Crippen LogP contribution in [0.25, 0.3) is 0 Å². The van der Waals surface area contributed by atoms with Crippen molar-refractivity contribution in [2.75, 3.05) is 52.4 Å². The summed E-state index contributed by atoms with van der Waals surface area (Å²) in [5.41, 5.74) is 5.99. The number of rotatable bonds is 4. The highest BCUT2D eigenvalue weighted by Gasteiger charge is 2.44. The number of nitrogens with two attached hydrogens (primary N) is 1. The van der Waals surface area contributed by atoms with Crippen LogP contribution in [-0.2, 0) is 0 Å². The normalized spacial score (nSPS) is 30.4. The Balaban J connectivity index is 1.91. The van der Waals surface area contributed by atoms with Crippen LogP contribution < -0.4 is 5.73 Å². The van der Waals surface area contributed by atoms with Crippen LogP contribution in [0, 0.1) is 0 Å². The van der Waals surface area contributed by atoms with Gasteiger partial charge in [-0.05, 0) is 20.3 Å². The van der Waals surface area contributed by atoms with Gasteiger partial charge in [-0.1, -0.05) is 0 Å². The summed E-state index contributed by atoms with van der Waals surface area (Å²) in [5.74, 6) is 0. The van der Waals surface area contributed by atoms with Crippen molar-refractivity contribution in [1.82, 2.24) is 14.7 Å². The molecule has 0 aromatic heterocycles. The summed E-state index contributed by atoms with van der Waals surface area (Å²) in [6, 6.07) is 0.491. The van der Waals surface area contributed by atoms with Crippen LogP contribution in [0.4, 0.5) is 13.2 Å². The average Bonchev–Trinajstić information content (AvgIpc) is 2.83. The van der Waals surface area contributed by atoms with E-state index in [0.29, 0.717) is 38.8 Å². The molecule has 0 aromatic carbocycles. The van der Waals surface area contributed by atoms with Crippen LogP contribution in [0.15, 0.2) is 0 Å². The van der Waals surface area contributed by atoms with Crippen LogP contribution in [0.3, 0.4) is 0 Å². The fourth-order valence-corrected chi connectivity index (χ4v) is 3.52. The highest BCUT2D eigenvalue weighted by atomic mass is 19.4. The smallest absolute Gasteiger partial charge is 0.329 e. The predicted molar refractivity (Wildman–Crippen MR) is 77.2 cm³/mol. The molecule has 2 saturated heterocycles. The van der Waals surface area contributed by atoms with Crippen LogP contribution in [0.5, 0.6) is 0 Å². The third-order valence-corrected chi connectivity index (χ3v) is 4.92. The molecule has 21 heavy (non-hydrogen) atoms. The Labute approximate surface area is 125 Å². The van der Waals surface area contributed by atoms with Gasteiger partial charge in [0.2, 0.25) is 0 Å². The molecule has 2 N–H and O–H groups in total. The number of hydrogen-bond acceptors (Lipinski definition) is 4. The molecule has 124 valence electrons. The summed E-state index contributed by atoms with van der Waals surface area (Å²) >= 11 is 0. The van der Waals surface area contributed by atoms with Gasteiger partial charge in [-0.3, -0.25) is 14.7 Å². The molecule has 2 aliphatic heterocycles. The Bertz CT molecular complexity index is 340. The van der Waals surface area contributed by atoms with E-state index in [0.717, 1.165) is 19.5 Å². The van der Waals surface area contributed by atoms with Crippen molar-refractivity contribution in [3.63, 3.8) is 0 Å². The highest BCUT2D eigenvalue weighted by molar-refractivity contribution is 5.02. The molecule has 0 spiro atoms. The zero-order valence-electron chi connectivity index (χ0n) is 13.0. The molecule has 2 rings (SSSR count). The number of hydrogen-bond donors (Lipinski definition) is 1. The molecule has 2 fully saturated rings. The lowest BCUT2D eigenvalue weighted by molar-refractivity contribution is -0.150. The number of nitrogens with zero attached hydrogens (tertiary/aromatic N) is 3. The first-order valence-electron chi connectivity index (χ1n) is 7.74. The molecule has 0 aliphatic carbocycles. The first kappa shape index (κ1) is 17.0. The van der Waals surface area contributed by atoms with E-state index < -0.39 is 12.7 Å². The molecular formula is C14H27F3N4. The van der Waals surface area contributed by atoms with Gasteiger partial charge in [-0.15, -0.1) is 0 Å². The second kappa shape index (κ2) is 6.40. The van der Waals surface area contributed by atoms with Gasteiger partial charge >= 0.3 is 6.18 Å². The van der Waals surface area contributed by atoms with Gasteiger partial charge in [0.15, 0.2) is 0 Å². The fraction of sp³-hybridized carbons (Fsp3) is 1.00. The van der Waals surface area contributed by atoms with E-state index in [9.17, 15) is 13.2 Å². The lowest BCUT2D eigenvalue weighted by Gasteiger charge is -2.45. The third kappa shape index (κ3) is 4.09. The van der Waals surface area contributed by atoms with E-state index in [1.165, 1.54) is 4.90 Å². The van der Waals surface area contributed by atoms with E-state index >= 15 is 0 Å². The molecule has 2 aliphatic rings. The number of alkyl halides is 3. The third-order valence-electron chi connectivity index (χ3n) is 4.92. The summed E-state index contributed by atoms with van der Waals surface area (Å²) in [5, 5.41) is 0. The first-order valence-corrected chi connectivity index (χ1v) is 7.74. The van der Waals surface area contributed by atoms with E-state index in [-0.39, 0.29) is 5.54 Å². The van der Waals surface area contributed by atoms with Gasteiger partial charge in [0.1, 0.15) is 0 Å². The van der Waals surface area contributed by atoms with E-state index in [4.69, 9.17) is 5.73 Å². The van der Waals surface area contributed by atoms with Gasteiger partial charge in [0.25, 0.3) is 0 Å². The van der Waals surface area contributed by atoms with Gasteiger partial charge in [0, 0.05) is 57.4 Å². The van der Waals surface area contributed by atoms with Crippen molar-refractivity contribution in [2.45, 2.75) is 38.0 Å². The van der Waals surface area contributed by atoms with Crippen molar-refractivity contribution in [3.05, 3.63) is 0 Å². The Morgan fingerprint density at radius 1 is 1.10 bits per heavy atom. The van der Waals surface area contributed by atoms with Crippen LogP contribution in [0.2, 0.25) is 0 Å². The van der Waals surface area contributed by atoms with E-state index in [1.54, 1.807) is 0 Å². The molecule has 0 radical (unpaired) electrons. The monoisotopic (exact) mass is 308 g/mol. The lowest BCUT2D eigenvalue weighted by Crippen LogP contribution is -2.62. The van der Waals surface area contributed by atoms with Crippen molar-refractivity contribution >= 4 is 0 Å². The molecule has 7 heteroatoms. The van der Waals surface area contributed by atoms with Crippen molar-refractivity contribution in [3.8, 4) is 0 Å². The maximum Gasteiger partial charge on any atom is 0.401 e. The fourth-order valence-electron chi connectivity index (χ4n) is 3.52. The van der Waals surface area contributed by atoms with Gasteiger partial charge < -0.3 is 5.73 Å². The predicted octanol–water partition coefficient (Wildman–Crippen LogP) is 0.978. The largest absolute Gasteiger partial charge is 0.401 e. The molecule has 2 heterocycles. The molecule has 1 unspecified atom stereocenters. The van der Waals surface area contributed by atoms with Gasteiger partial charge in [-0.2, -0.15) is 13.2 Å². The molecule has 4 nitrogen and oxygen atoms in total. The Morgan fingerprint density at radius 2 is 1.71 bits per heavy atom. The second-order valence-electron chi connectivity index (χ2n) is 6.62. The zero-order valence-corrected chi connectivity index (χ0v) is 13.0. The van der Waals surface area contributed by atoms with Crippen LogP contribution in [-0.4, -0.2) is 84.8 Å². The van der Waals surface area contributed by atoms with Gasteiger partial charge in [0.05, 0.1) is 6.54 Å². The SMILES string of the molecule is CC(C)N1CCC(CN)(N2CCN(CC(F)(F)F)CC2)C1. The minimum Gasteiger partial charge on any atom is -0.329 e. The van der Waals surface area contributed by atoms with Gasteiger partial charge in [-0.25, -0.2) is 0 Å². The summed E-state index contributed by atoms with van der Waals surface area (Å²) in [7, 11) is 0. The molecule has 1 atom stereocenters. The Hall–Kier alpha value is -0.370. The topological polar surface area (TPSA) is 35.7 Å². The quantitative estimate of drug-likeness (QED) is 0.840. The summed E-state index contributed by atoms with van der Waals surface area (Å²) in [4.78, 5) is 6.23. The summed E-state index contributed by atoms with van der Waals surface area (Å²) in [6.45, 7) is 8.40. The van der Waals surface area contributed by atoms with Crippen molar-refractivity contribution in [2.24, 2.45) is 5.73 Å². The molecule has 0 aromatic rings. The standard InChI is InChI=1S/C14H27F3N4/c1-12(2)20-4-3-13(9-18,10-20)21-7-5-19(6-8-21)11-14(15,16)17/h12H,3-11,18H2,1-2H3. The minimum absolute atomic E-state index is 0.0470. The molecular weight excluding hydrogens is 281 g/mol. The number of halogens is 3. The number of piperazine rings is 1. The highest BCUT2D eigenvalue weighted by Crippen LogP contribution is 2.30. The summed E-state index contributed by atoms with van der Waals surface area (Å²) in [6.07, 6.45) is -3.09. The Kier molecular flexibility index (Phi) is 5.18. The molecule has 0 amide bonds. The van der Waals surface area contributed by atoms with Crippen molar-refractivity contribution in [1.29, 1.82) is 0 Å². The zero-order chi connectivity index (χ0) is 15.7. The lowest BCUT2D eigenvalue weighted by atomic mass is 9.95. The first-order chi connectivity index (χ1) is 9.76. The number of likely N-dealkylation sites (tertiary alicyclic amines) is 1. The molecule has 0 saturated carbocycles. The Morgan fingerprint density at radius 3 is 2.14 bits per heavy atom. The maximum atomic E-state index is 12.4. The second-order valence-corrected chi connectivity index (χ2v) is 6.62. The van der Waals surface area contributed by atoms with E-state index in [2.05, 4.69) is 23.6 Å². The average molecular weight is 308 g/mol. The van der Waals surface area contributed by atoms with Crippen molar-refractivity contribution < 1.29 is 13.2 Å². The minimum atomic E-state index is -4.10. The molecule has 0 bridgehead atoms. The van der Waals surface area contributed by atoms with Crippen LogP contribution >= 0.6 is 0 Å². The summed E-state index contributed by atoms with van der Waals surface area (Å²) < 4.78 is 37.3.